The van der Waals surface area contributed by atoms with Gasteiger partial charge < -0.3 is 4.90 Å². The van der Waals surface area contributed by atoms with Crippen molar-refractivity contribution in [2.24, 2.45) is 0 Å². The molecule has 0 bridgehead atoms. The van der Waals surface area contributed by atoms with E-state index in [1.165, 1.54) is 4.90 Å². The molecule has 0 aromatic heterocycles. The van der Waals surface area contributed by atoms with Crippen LogP contribution >= 0.6 is 23.2 Å². The second kappa shape index (κ2) is 6.07. The maximum absolute atomic E-state index is 12.3. The zero-order valence-corrected chi connectivity index (χ0v) is 12.2. The molecular formula is C15H11Cl2NO2. The van der Waals surface area contributed by atoms with Crippen LogP contribution in [0.4, 0.5) is 5.69 Å². The molecule has 2 aromatic carbocycles. The lowest BCUT2D eigenvalue weighted by Gasteiger charge is -2.11. The van der Waals surface area contributed by atoms with Gasteiger partial charge in [0.05, 0.1) is 0 Å². The number of halogens is 2. The predicted octanol–water partition coefficient (Wildman–Crippen LogP) is 3.82. The first-order chi connectivity index (χ1) is 9.51. The Labute approximate surface area is 126 Å². The molecule has 2 aromatic rings. The van der Waals surface area contributed by atoms with Crippen LogP contribution < -0.4 is 4.90 Å². The van der Waals surface area contributed by atoms with E-state index < -0.39 is 0 Å². The van der Waals surface area contributed by atoms with E-state index >= 15 is 0 Å². The van der Waals surface area contributed by atoms with E-state index in [-0.39, 0.29) is 5.78 Å². The first kappa shape index (κ1) is 14.6. The van der Waals surface area contributed by atoms with E-state index in [1.807, 2.05) is 0 Å². The monoisotopic (exact) mass is 307 g/mol. The Hall–Kier alpha value is -1.84. The lowest BCUT2D eigenvalue weighted by molar-refractivity contribution is -0.107. The molecule has 0 unspecified atom stereocenters. The lowest BCUT2D eigenvalue weighted by atomic mass is 10.0. The molecule has 0 spiro atoms. The molecule has 0 aliphatic heterocycles. The van der Waals surface area contributed by atoms with Gasteiger partial charge >= 0.3 is 0 Å². The predicted molar refractivity (Wildman–Crippen MR) is 80.8 cm³/mol. The smallest absolute Gasteiger partial charge is 0.213 e. The average Bonchev–Trinajstić information content (AvgIpc) is 2.45. The highest BCUT2D eigenvalue weighted by atomic mass is 35.5. The van der Waals surface area contributed by atoms with Crippen LogP contribution in [0.15, 0.2) is 42.5 Å². The van der Waals surface area contributed by atoms with Crippen molar-refractivity contribution >= 4 is 41.1 Å². The number of amides is 1. The molecular weight excluding hydrogens is 297 g/mol. The summed E-state index contributed by atoms with van der Waals surface area (Å²) >= 11 is 11.8. The Balaban J connectivity index is 2.31. The van der Waals surface area contributed by atoms with Crippen molar-refractivity contribution in [1.29, 1.82) is 0 Å². The molecule has 5 heteroatoms. The second-order valence-corrected chi connectivity index (χ2v) is 5.12. The summed E-state index contributed by atoms with van der Waals surface area (Å²) in [4.78, 5) is 24.4. The van der Waals surface area contributed by atoms with Crippen molar-refractivity contribution in [2.45, 2.75) is 0 Å². The molecule has 3 nitrogen and oxygen atoms in total. The van der Waals surface area contributed by atoms with Crippen LogP contribution in [0.5, 0.6) is 0 Å². The Bertz CT molecular complexity index is 633. The van der Waals surface area contributed by atoms with Gasteiger partial charge in [-0.05, 0) is 42.5 Å². The molecule has 0 heterocycles. The molecule has 102 valence electrons. The van der Waals surface area contributed by atoms with Gasteiger partial charge in [0.25, 0.3) is 0 Å². The van der Waals surface area contributed by atoms with Crippen molar-refractivity contribution in [1.82, 2.24) is 0 Å². The number of anilines is 1. The van der Waals surface area contributed by atoms with E-state index in [4.69, 9.17) is 23.2 Å². The van der Waals surface area contributed by atoms with Crippen molar-refractivity contribution in [3.63, 3.8) is 0 Å². The van der Waals surface area contributed by atoms with Gasteiger partial charge in [0.1, 0.15) is 0 Å². The Morgan fingerprint density at radius 3 is 2.05 bits per heavy atom. The normalized spacial score (nSPS) is 10.2. The van der Waals surface area contributed by atoms with Crippen molar-refractivity contribution in [2.75, 3.05) is 11.9 Å². The van der Waals surface area contributed by atoms with E-state index in [9.17, 15) is 9.59 Å². The summed E-state index contributed by atoms with van der Waals surface area (Å²) in [5.74, 6) is -0.172. The van der Waals surface area contributed by atoms with Crippen molar-refractivity contribution < 1.29 is 9.59 Å². The van der Waals surface area contributed by atoms with E-state index in [0.717, 1.165) is 0 Å². The van der Waals surface area contributed by atoms with E-state index in [2.05, 4.69) is 0 Å². The van der Waals surface area contributed by atoms with Gasteiger partial charge in [-0.15, -0.1) is 0 Å². The molecule has 20 heavy (non-hydrogen) atoms. The van der Waals surface area contributed by atoms with Crippen LogP contribution in [0, 0.1) is 0 Å². The Kier molecular flexibility index (Phi) is 4.42. The SMILES string of the molecule is CN(C=O)c1ccc(C(=O)c2cc(Cl)cc(Cl)c2)cc1. The molecule has 0 aliphatic rings. The van der Waals surface area contributed by atoms with Gasteiger partial charge in [-0.2, -0.15) is 0 Å². The molecule has 0 aliphatic carbocycles. The number of carbonyl (C=O) groups is 2. The first-order valence-corrected chi connectivity index (χ1v) is 6.56. The minimum absolute atomic E-state index is 0.172. The maximum atomic E-state index is 12.3. The summed E-state index contributed by atoms with van der Waals surface area (Å²) in [6.45, 7) is 0. The van der Waals surface area contributed by atoms with E-state index in [1.54, 1.807) is 49.5 Å². The number of rotatable bonds is 4. The van der Waals surface area contributed by atoms with Gasteiger partial charge in [0.15, 0.2) is 5.78 Å². The number of ketones is 1. The summed E-state index contributed by atoms with van der Waals surface area (Å²) < 4.78 is 0. The van der Waals surface area contributed by atoms with Crippen LogP contribution in [-0.4, -0.2) is 19.2 Å². The fourth-order valence-corrected chi connectivity index (χ4v) is 2.29. The van der Waals surface area contributed by atoms with Gasteiger partial charge in [-0.1, -0.05) is 23.2 Å². The molecule has 0 saturated carbocycles. The third-order valence-electron chi connectivity index (χ3n) is 2.82. The standard InChI is InChI=1S/C15H11Cl2NO2/c1-18(9-19)14-4-2-10(3-5-14)15(20)11-6-12(16)8-13(17)7-11/h2-9H,1H3. The molecule has 0 fully saturated rings. The van der Waals surface area contributed by atoms with Crippen LogP contribution in [0.2, 0.25) is 10.0 Å². The largest absolute Gasteiger partial charge is 0.318 e. The fourth-order valence-electron chi connectivity index (χ4n) is 1.76. The second-order valence-electron chi connectivity index (χ2n) is 4.25. The number of nitrogens with zero attached hydrogens (tertiary/aromatic N) is 1. The van der Waals surface area contributed by atoms with E-state index in [0.29, 0.717) is 33.3 Å². The molecule has 2 rings (SSSR count). The van der Waals surface area contributed by atoms with Crippen LogP contribution in [0.25, 0.3) is 0 Å². The first-order valence-electron chi connectivity index (χ1n) is 5.80. The lowest BCUT2D eigenvalue weighted by Crippen LogP contribution is -2.13. The fraction of sp³-hybridized carbons (Fsp3) is 0.0667. The average molecular weight is 308 g/mol. The summed E-state index contributed by atoms with van der Waals surface area (Å²) in [5, 5.41) is 0.830. The van der Waals surface area contributed by atoms with Crippen LogP contribution in [0.3, 0.4) is 0 Å². The molecule has 0 saturated heterocycles. The molecule has 0 radical (unpaired) electrons. The number of hydrogen-bond donors (Lipinski definition) is 0. The Morgan fingerprint density at radius 1 is 1.00 bits per heavy atom. The summed E-state index contributed by atoms with van der Waals surface area (Å²) in [6.07, 6.45) is 0.702. The van der Waals surface area contributed by atoms with Gasteiger partial charge in [-0.25, -0.2) is 0 Å². The highest BCUT2D eigenvalue weighted by Gasteiger charge is 2.11. The van der Waals surface area contributed by atoms with Crippen molar-refractivity contribution in [3.8, 4) is 0 Å². The van der Waals surface area contributed by atoms with Gasteiger partial charge in [0.2, 0.25) is 6.41 Å². The quantitative estimate of drug-likeness (QED) is 0.636. The third kappa shape index (κ3) is 3.18. The highest BCUT2D eigenvalue weighted by Crippen LogP contribution is 2.22. The molecule has 1 amide bonds. The van der Waals surface area contributed by atoms with Crippen LogP contribution in [-0.2, 0) is 4.79 Å². The summed E-state index contributed by atoms with van der Waals surface area (Å²) in [5.41, 5.74) is 1.64. The molecule has 0 atom stereocenters. The minimum atomic E-state index is -0.172. The van der Waals surface area contributed by atoms with Gasteiger partial charge in [-0.3, -0.25) is 9.59 Å². The minimum Gasteiger partial charge on any atom is -0.318 e. The number of hydrogen-bond acceptors (Lipinski definition) is 2. The van der Waals surface area contributed by atoms with Crippen LogP contribution in [0.1, 0.15) is 15.9 Å². The third-order valence-corrected chi connectivity index (χ3v) is 3.26. The highest BCUT2D eigenvalue weighted by molar-refractivity contribution is 6.35. The zero-order chi connectivity index (χ0) is 14.7. The summed E-state index contributed by atoms with van der Waals surface area (Å²) in [7, 11) is 1.64. The van der Waals surface area contributed by atoms with Gasteiger partial charge in [0, 0.05) is 33.9 Å². The van der Waals surface area contributed by atoms with Crippen molar-refractivity contribution in [3.05, 3.63) is 63.6 Å². The topological polar surface area (TPSA) is 37.4 Å². The Morgan fingerprint density at radius 2 is 1.55 bits per heavy atom. The maximum Gasteiger partial charge on any atom is 0.213 e. The number of benzene rings is 2. The number of carbonyl (C=O) groups excluding carboxylic acids is 2. The molecule has 0 N–H and O–H groups in total. The zero-order valence-electron chi connectivity index (χ0n) is 10.6. The summed E-state index contributed by atoms with van der Waals surface area (Å²) in [6, 6.07) is 11.4.